The average Bonchev–Trinajstić information content (AvgIpc) is 2.80. The second-order valence-electron chi connectivity index (χ2n) is 4.81. The van der Waals surface area contributed by atoms with Crippen LogP contribution in [0.3, 0.4) is 0 Å². The Morgan fingerprint density at radius 2 is 2.11 bits per heavy atom. The van der Waals surface area contributed by atoms with Crippen molar-refractivity contribution in [3.63, 3.8) is 0 Å². The first-order valence-corrected chi connectivity index (χ1v) is 6.17. The maximum atomic E-state index is 9.32. The van der Waals surface area contributed by atoms with E-state index in [2.05, 4.69) is 6.07 Å². The highest BCUT2D eigenvalue weighted by Crippen LogP contribution is 2.44. The Balaban J connectivity index is 1.99. The monoisotopic (exact) mass is 245 g/mol. The van der Waals surface area contributed by atoms with Gasteiger partial charge in [-0.2, -0.15) is 5.26 Å². The van der Waals surface area contributed by atoms with Crippen LogP contribution < -0.4 is 9.47 Å². The van der Waals surface area contributed by atoms with Gasteiger partial charge >= 0.3 is 0 Å². The minimum absolute atomic E-state index is 0.0216. The molecule has 1 unspecified atom stereocenters. The second kappa shape index (κ2) is 4.18. The molecule has 0 radical (unpaired) electrons. The molecule has 1 fully saturated rings. The molecule has 0 N–H and O–H groups in total. The Hall–Kier alpha value is -1.73. The number of nitriles is 1. The third-order valence-electron chi connectivity index (χ3n) is 3.90. The fraction of sp³-hybridized carbons (Fsp3) is 0.500. The molecule has 0 bridgehead atoms. The largest absolute Gasteiger partial charge is 0.454 e. The molecule has 1 saturated heterocycles. The standard InChI is InChI=1S/C14H15NO3/c1-2-10(6-15)14(7-16-8-14)11-3-4-12-13(5-11)18-9-17-12/h3-5,10H,2,7-9H2,1H3. The first-order chi connectivity index (χ1) is 8.80. The Labute approximate surface area is 106 Å². The smallest absolute Gasteiger partial charge is 0.231 e. The summed E-state index contributed by atoms with van der Waals surface area (Å²) in [7, 11) is 0. The quantitative estimate of drug-likeness (QED) is 0.819. The minimum atomic E-state index is -0.176. The minimum Gasteiger partial charge on any atom is -0.454 e. The lowest BCUT2D eigenvalue weighted by atomic mass is 9.68. The lowest BCUT2D eigenvalue weighted by Crippen LogP contribution is -2.51. The van der Waals surface area contributed by atoms with Gasteiger partial charge in [-0.05, 0) is 24.1 Å². The number of fused-ring (bicyclic) bond motifs is 1. The predicted molar refractivity (Wildman–Crippen MR) is 64.5 cm³/mol. The molecule has 0 amide bonds. The van der Waals surface area contributed by atoms with Crippen molar-refractivity contribution in [1.29, 1.82) is 5.26 Å². The maximum absolute atomic E-state index is 9.32. The van der Waals surface area contributed by atoms with Crippen LogP contribution in [0.1, 0.15) is 18.9 Å². The van der Waals surface area contributed by atoms with Crippen molar-refractivity contribution in [2.24, 2.45) is 5.92 Å². The number of rotatable bonds is 3. The summed E-state index contributed by atoms with van der Waals surface area (Å²) in [6.07, 6.45) is 0.828. The Morgan fingerprint density at radius 1 is 1.33 bits per heavy atom. The molecule has 2 aliphatic heterocycles. The Morgan fingerprint density at radius 3 is 2.72 bits per heavy atom. The van der Waals surface area contributed by atoms with E-state index in [9.17, 15) is 5.26 Å². The van der Waals surface area contributed by atoms with Crippen LogP contribution in [0.5, 0.6) is 11.5 Å². The van der Waals surface area contributed by atoms with Crippen molar-refractivity contribution in [1.82, 2.24) is 0 Å². The van der Waals surface area contributed by atoms with Crippen molar-refractivity contribution in [3.05, 3.63) is 23.8 Å². The maximum Gasteiger partial charge on any atom is 0.231 e. The van der Waals surface area contributed by atoms with Crippen LogP contribution in [0, 0.1) is 17.2 Å². The van der Waals surface area contributed by atoms with Crippen LogP contribution >= 0.6 is 0 Å². The molecular weight excluding hydrogens is 230 g/mol. The van der Waals surface area contributed by atoms with Crippen LogP contribution in [0.4, 0.5) is 0 Å². The molecule has 94 valence electrons. The lowest BCUT2D eigenvalue weighted by molar-refractivity contribution is -0.0805. The van der Waals surface area contributed by atoms with Gasteiger partial charge in [0, 0.05) is 0 Å². The van der Waals surface area contributed by atoms with Gasteiger partial charge in [0.2, 0.25) is 6.79 Å². The summed E-state index contributed by atoms with van der Waals surface area (Å²) in [4.78, 5) is 0. The summed E-state index contributed by atoms with van der Waals surface area (Å²) in [5.41, 5.74) is 0.941. The fourth-order valence-corrected chi connectivity index (χ4v) is 2.70. The van der Waals surface area contributed by atoms with Gasteiger partial charge in [0.25, 0.3) is 0 Å². The number of hydrogen-bond donors (Lipinski definition) is 0. The predicted octanol–water partition coefficient (Wildman–Crippen LogP) is 2.23. The summed E-state index contributed by atoms with van der Waals surface area (Å²) < 4.78 is 16.1. The zero-order valence-corrected chi connectivity index (χ0v) is 10.3. The average molecular weight is 245 g/mol. The van der Waals surface area contributed by atoms with E-state index in [-0.39, 0.29) is 18.1 Å². The Kier molecular flexibility index (Phi) is 2.64. The molecule has 1 aromatic carbocycles. The topological polar surface area (TPSA) is 51.5 Å². The lowest BCUT2D eigenvalue weighted by Gasteiger charge is -2.44. The van der Waals surface area contributed by atoms with Crippen LogP contribution in [0.2, 0.25) is 0 Å². The van der Waals surface area contributed by atoms with E-state index in [1.807, 2.05) is 25.1 Å². The summed E-state index contributed by atoms with van der Waals surface area (Å²) in [6.45, 7) is 3.54. The van der Waals surface area contributed by atoms with E-state index in [1.54, 1.807) is 0 Å². The zero-order chi connectivity index (χ0) is 12.6. The van der Waals surface area contributed by atoms with Crippen molar-refractivity contribution in [3.8, 4) is 17.6 Å². The molecule has 0 spiro atoms. The number of benzene rings is 1. The summed E-state index contributed by atoms with van der Waals surface area (Å²) in [5, 5.41) is 9.32. The van der Waals surface area contributed by atoms with Crippen LogP contribution in [0.25, 0.3) is 0 Å². The van der Waals surface area contributed by atoms with Gasteiger partial charge in [-0.15, -0.1) is 0 Å². The van der Waals surface area contributed by atoms with Crippen LogP contribution in [0.15, 0.2) is 18.2 Å². The van der Waals surface area contributed by atoms with E-state index in [1.165, 1.54) is 0 Å². The fourth-order valence-electron chi connectivity index (χ4n) is 2.70. The van der Waals surface area contributed by atoms with Crippen molar-refractivity contribution in [2.75, 3.05) is 20.0 Å². The number of nitrogens with zero attached hydrogens (tertiary/aromatic N) is 1. The Bertz CT molecular complexity index is 502. The first kappa shape index (κ1) is 11.4. The van der Waals surface area contributed by atoms with Crippen molar-refractivity contribution < 1.29 is 14.2 Å². The third-order valence-corrected chi connectivity index (χ3v) is 3.90. The van der Waals surface area contributed by atoms with Crippen LogP contribution in [-0.2, 0) is 10.2 Å². The second-order valence-corrected chi connectivity index (χ2v) is 4.81. The summed E-state index contributed by atoms with van der Waals surface area (Å²) in [5.74, 6) is 1.53. The van der Waals surface area contributed by atoms with E-state index < -0.39 is 0 Å². The van der Waals surface area contributed by atoms with E-state index in [0.29, 0.717) is 13.2 Å². The molecule has 0 aromatic heterocycles. The van der Waals surface area contributed by atoms with Gasteiger partial charge in [0.1, 0.15) is 0 Å². The third kappa shape index (κ3) is 1.48. The zero-order valence-electron chi connectivity index (χ0n) is 10.3. The van der Waals surface area contributed by atoms with Gasteiger partial charge in [0.05, 0.1) is 30.6 Å². The van der Waals surface area contributed by atoms with E-state index >= 15 is 0 Å². The molecule has 1 atom stereocenters. The molecule has 4 heteroatoms. The molecule has 18 heavy (non-hydrogen) atoms. The normalized spacial score (nSPS) is 20.9. The molecule has 2 aliphatic rings. The molecule has 3 rings (SSSR count). The van der Waals surface area contributed by atoms with Gasteiger partial charge in [-0.1, -0.05) is 13.0 Å². The SMILES string of the molecule is CCC(C#N)C1(c2ccc3c(c2)OCO3)COC1. The highest BCUT2D eigenvalue weighted by molar-refractivity contribution is 5.47. The van der Waals surface area contributed by atoms with Gasteiger partial charge < -0.3 is 14.2 Å². The van der Waals surface area contributed by atoms with Gasteiger partial charge in [-0.25, -0.2) is 0 Å². The highest BCUT2D eigenvalue weighted by atomic mass is 16.7. The van der Waals surface area contributed by atoms with Crippen molar-refractivity contribution >= 4 is 0 Å². The first-order valence-electron chi connectivity index (χ1n) is 6.17. The number of ether oxygens (including phenoxy) is 3. The van der Waals surface area contributed by atoms with Crippen LogP contribution in [-0.4, -0.2) is 20.0 Å². The molecule has 1 aromatic rings. The van der Waals surface area contributed by atoms with Gasteiger partial charge in [0.15, 0.2) is 11.5 Å². The molecule has 0 aliphatic carbocycles. The van der Waals surface area contributed by atoms with Gasteiger partial charge in [-0.3, -0.25) is 0 Å². The van der Waals surface area contributed by atoms with Crippen molar-refractivity contribution in [2.45, 2.75) is 18.8 Å². The van der Waals surface area contributed by atoms with E-state index in [4.69, 9.17) is 14.2 Å². The number of hydrogen-bond acceptors (Lipinski definition) is 4. The summed E-state index contributed by atoms with van der Waals surface area (Å²) >= 11 is 0. The highest BCUT2D eigenvalue weighted by Gasteiger charge is 2.47. The molecule has 2 heterocycles. The summed E-state index contributed by atoms with van der Waals surface area (Å²) in [6, 6.07) is 8.34. The van der Waals surface area contributed by atoms with E-state index in [0.717, 1.165) is 23.5 Å². The molecule has 0 saturated carbocycles. The molecule has 4 nitrogen and oxygen atoms in total. The molecular formula is C14H15NO3.